The van der Waals surface area contributed by atoms with Gasteiger partial charge >= 0.3 is 0 Å². The Morgan fingerprint density at radius 1 is 1.30 bits per heavy atom. The van der Waals surface area contributed by atoms with Gasteiger partial charge in [-0.1, -0.05) is 6.92 Å². The van der Waals surface area contributed by atoms with Gasteiger partial charge in [0.25, 0.3) is 0 Å². The third kappa shape index (κ3) is 4.25. The standard InChI is InChI=1S/C14H15BrFN3O/c1-2-5-17-7-11-8-19-14(9-18-11)20-13-4-3-10(16)6-12(13)15/h3-4,6,8-9,17H,2,5,7H2,1H3. The van der Waals surface area contributed by atoms with Gasteiger partial charge in [0.05, 0.1) is 22.6 Å². The molecule has 106 valence electrons. The zero-order chi connectivity index (χ0) is 14.4. The highest BCUT2D eigenvalue weighted by atomic mass is 79.9. The van der Waals surface area contributed by atoms with E-state index >= 15 is 0 Å². The molecule has 0 radical (unpaired) electrons. The molecule has 20 heavy (non-hydrogen) atoms. The summed E-state index contributed by atoms with van der Waals surface area (Å²) in [6.07, 6.45) is 4.29. The fourth-order valence-corrected chi connectivity index (χ4v) is 1.98. The van der Waals surface area contributed by atoms with Crippen molar-refractivity contribution in [3.8, 4) is 11.6 Å². The van der Waals surface area contributed by atoms with Crippen LogP contribution in [0.4, 0.5) is 4.39 Å². The number of nitrogens with one attached hydrogen (secondary N) is 1. The van der Waals surface area contributed by atoms with Crippen molar-refractivity contribution in [3.05, 3.63) is 46.6 Å². The molecule has 0 saturated carbocycles. The van der Waals surface area contributed by atoms with Crippen LogP contribution in [0.1, 0.15) is 19.0 Å². The van der Waals surface area contributed by atoms with E-state index in [9.17, 15) is 4.39 Å². The third-order valence-electron chi connectivity index (χ3n) is 2.52. The summed E-state index contributed by atoms with van der Waals surface area (Å²) in [5, 5.41) is 3.24. The molecule has 2 rings (SSSR count). The minimum atomic E-state index is -0.326. The van der Waals surface area contributed by atoms with Crippen molar-refractivity contribution >= 4 is 15.9 Å². The second-order valence-corrected chi connectivity index (χ2v) is 5.05. The van der Waals surface area contributed by atoms with Crippen LogP contribution in [0.2, 0.25) is 0 Å². The van der Waals surface area contributed by atoms with Gasteiger partial charge in [-0.05, 0) is 47.1 Å². The van der Waals surface area contributed by atoms with E-state index in [1.807, 2.05) is 0 Å². The molecule has 0 amide bonds. The summed E-state index contributed by atoms with van der Waals surface area (Å²) < 4.78 is 19.0. The largest absolute Gasteiger partial charge is 0.436 e. The zero-order valence-electron chi connectivity index (χ0n) is 11.1. The number of nitrogens with zero attached hydrogens (tertiary/aromatic N) is 2. The average molecular weight is 340 g/mol. The van der Waals surface area contributed by atoms with E-state index in [4.69, 9.17) is 4.74 Å². The Kier molecular flexibility index (Phi) is 5.43. The molecule has 0 fully saturated rings. The summed E-state index contributed by atoms with van der Waals surface area (Å²) in [4.78, 5) is 8.43. The number of hydrogen-bond acceptors (Lipinski definition) is 4. The lowest BCUT2D eigenvalue weighted by molar-refractivity contribution is 0.454. The van der Waals surface area contributed by atoms with Crippen molar-refractivity contribution in [2.45, 2.75) is 19.9 Å². The Morgan fingerprint density at radius 2 is 2.15 bits per heavy atom. The average Bonchev–Trinajstić information content (AvgIpc) is 2.44. The van der Waals surface area contributed by atoms with Crippen LogP contribution >= 0.6 is 15.9 Å². The minimum absolute atomic E-state index is 0.326. The maximum absolute atomic E-state index is 13.0. The highest BCUT2D eigenvalue weighted by Crippen LogP contribution is 2.28. The van der Waals surface area contributed by atoms with E-state index in [0.29, 0.717) is 22.6 Å². The fraction of sp³-hybridized carbons (Fsp3) is 0.286. The quantitative estimate of drug-likeness (QED) is 0.815. The summed E-state index contributed by atoms with van der Waals surface area (Å²) in [7, 11) is 0. The molecule has 0 spiro atoms. The summed E-state index contributed by atoms with van der Waals surface area (Å²) in [6.45, 7) is 3.74. The normalized spacial score (nSPS) is 10.6. The van der Waals surface area contributed by atoms with Crippen molar-refractivity contribution in [2.24, 2.45) is 0 Å². The highest BCUT2D eigenvalue weighted by Gasteiger charge is 2.05. The first-order valence-corrected chi connectivity index (χ1v) is 7.13. The first-order chi connectivity index (χ1) is 9.69. The minimum Gasteiger partial charge on any atom is -0.436 e. The molecule has 1 heterocycles. The van der Waals surface area contributed by atoms with E-state index < -0.39 is 0 Å². The first kappa shape index (κ1) is 14.9. The van der Waals surface area contributed by atoms with Crippen LogP contribution in [0.3, 0.4) is 0 Å². The van der Waals surface area contributed by atoms with Crippen LogP contribution in [0.25, 0.3) is 0 Å². The Bertz CT molecular complexity index is 563. The predicted octanol–water partition coefficient (Wildman–Crippen LogP) is 3.67. The molecule has 0 aliphatic carbocycles. The zero-order valence-corrected chi connectivity index (χ0v) is 12.7. The number of ether oxygens (including phenoxy) is 1. The van der Waals surface area contributed by atoms with Gasteiger partial charge in [0, 0.05) is 6.54 Å². The number of hydrogen-bond donors (Lipinski definition) is 1. The van der Waals surface area contributed by atoms with Crippen molar-refractivity contribution in [1.29, 1.82) is 0 Å². The molecule has 0 atom stereocenters. The molecule has 1 aromatic heterocycles. The molecule has 0 unspecified atom stereocenters. The van der Waals surface area contributed by atoms with Crippen molar-refractivity contribution in [2.75, 3.05) is 6.54 Å². The number of benzene rings is 1. The maximum atomic E-state index is 13.0. The van der Waals surface area contributed by atoms with Gasteiger partial charge in [-0.2, -0.15) is 0 Å². The second-order valence-electron chi connectivity index (χ2n) is 4.20. The summed E-state index contributed by atoms with van der Waals surface area (Å²) >= 11 is 3.24. The lowest BCUT2D eigenvalue weighted by atomic mass is 10.3. The Hall–Kier alpha value is -1.53. The van der Waals surface area contributed by atoms with Gasteiger partial charge in [0.1, 0.15) is 11.6 Å². The molecule has 6 heteroatoms. The van der Waals surface area contributed by atoms with Crippen LogP contribution < -0.4 is 10.1 Å². The molecular formula is C14H15BrFN3O. The van der Waals surface area contributed by atoms with Crippen LogP contribution in [0.15, 0.2) is 35.1 Å². The predicted molar refractivity (Wildman–Crippen MR) is 78.2 cm³/mol. The monoisotopic (exact) mass is 339 g/mol. The number of halogens is 2. The van der Waals surface area contributed by atoms with Gasteiger partial charge in [-0.15, -0.1) is 0 Å². The SMILES string of the molecule is CCCNCc1cnc(Oc2ccc(F)cc2Br)cn1. The molecular weight excluding hydrogens is 325 g/mol. The number of aromatic nitrogens is 2. The molecule has 1 aromatic carbocycles. The maximum Gasteiger partial charge on any atom is 0.237 e. The number of rotatable bonds is 6. The van der Waals surface area contributed by atoms with E-state index in [1.54, 1.807) is 12.4 Å². The van der Waals surface area contributed by atoms with E-state index in [-0.39, 0.29) is 5.82 Å². The lowest BCUT2D eigenvalue weighted by Gasteiger charge is -2.07. The second kappa shape index (κ2) is 7.31. The van der Waals surface area contributed by atoms with E-state index in [0.717, 1.165) is 18.7 Å². The van der Waals surface area contributed by atoms with E-state index in [2.05, 4.69) is 38.1 Å². The van der Waals surface area contributed by atoms with Gasteiger partial charge in [-0.3, -0.25) is 4.98 Å². The Morgan fingerprint density at radius 3 is 2.80 bits per heavy atom. The molecule has 4 nitrogen and oxygen atoms in total. The smallest absolute Gasteiger partial charge is 0.237 e. The molecule has 0 bridgehead atoms. The Labute approximate surface area is 125 Å². The van der Waals surface area contributed by atoms with Crippen LogP contribution in [0, 0.1) is 5.82 Å². The molecule has 0 aliphatic heterocycles. The topological polar surface area (TPSA) is 47.0 Å². The summed E-state index contributed by atoms with van der Waals surface area (Å²) in [5.74, 6) is 0.543. The summed E-state index contributed by atoms with van der Waals surface area (Å²) in [6, 6.07) is 4.21. The van der Waals surface area contributed by atoms with Crippen LogP contribution in [-0.2, 0) is 6.54 Å². The third-order valence-corrected chi connectivity index (χ3v) is 3.14. The summed E-state index contributed by atoms with van der Waals surface area (Å²) in [5.41, 5.74) is 0.851. The lowest BCUT2D eigenvalue weighted by Crippen LogP contribution is -2.14. The fourth-order valence-electron chi connectivity index (χ4n) is 1.55. The molecule has 1 N–H and O–H groups in total. The molecule has 2 aromatic rings. The van der Waals surface area contributed by atoms with Gasteiger partial charge < -0.3 is 10.1 Å². The van der Waals surface area contributed by atoms with Gasteiger partial charge in [-0.25, -0.2) is 9.37 Å². The van der Waals surface area contributed by atoms with Crippen molar-refractivity contribution in [1.82, 2.24) is 15.3 Å². The molecule has 0 saturated heterocycles. The Balaban J connectivity index is 1.99. The van der Waals surface area contributed by atoms with Gasteiger partial charge in [0.2, 0.25) is 5.88 Å². The van der Waals surface area contributed by atoms with Crippen LogP contribution in [-0.4, -0.2) is 16.5 Å². The molecule has 0 aliphatic rings. The van der Waals surface area contributed by atoms with Crippen molar-refractivity contribution < 1.29 is 9.13 Å². The van der Waals surface area contributed by atoms with Crippen LogP contribution in [0.5, 0.6) is 11.6 Å². The highest BCUT2D eigenvalue weighted by molar-refractivity contribution is 9.10. The first-order valence-electron chi connectivity index (χ1n) is 6.33. The van der Waals surface area contributed by atoms with Gasteiger partial charge in [0.15, 0.2) is 0 Å². The van der Waals surface area contributed by atoms with E-state index in [1.165, 1.54) is 18.2 Å². The van der Waals surface area contributed by atoms with Crippen molar-refractivity contribution in [3.63, 3.8) is 0 Å².